The molecule has 10 heteroatoms. The number of allylic oxidation sites excluding steroid dienone is 1. The van der Waals surface area contributed by atoms with E-state index in [2.05, 4.69) is 26.8 Å². The van der Waals surface area contributed by atoms with Crippen molar-refractivity contribution in [1.29, 1.82) is 0 Å². The third-order valence-electron chi connectivity index (χ3n) is 7.33. The summed E-state index contributed by atoms with van der Waals surface area (Å²) in [7, 11) is 1.65. The molecule has 4 fully saturated rings. The third-order valence-corrected chi connectivity index (χ3v) is 7.33. The summed E-state index contributed by atoms with van der Waals surface area (Å²) in [5.74, 6) is -1.29. The number of likely N-dealkylation sites (tertiary alicyclic amines) is 1. The molecule has 0 aromatic carbocycles. The zero-order valence-electron chi connectivity index (χ0n) is 20.3. The first-order valence-electron chi connectivity index (χ1n) is 11.4. The van der Waals surface area contributed by atoms with Crippen molar-refractivity contribution in [3.05, 3.63) is 11.6 Å². The van der Waals surface area contributed by atoms with Gasteiger partial charge in [-0.05, 0) is 46.5 Å². The van der Waals surface area contributed by atoms with Crippen LogP contribution >= 0.6 is 0 Å². The molecule has 4 rings (SSSR count). The largest absolute Gasteiger partial charge is 1.00 e. The molecule has 0 bridgehead atoms. The zero-order chi connectivity index (χ0) is 23.1. The fourth-order valence-electron chi connectivity index (χ4n) is 5.49. The predicted molar refractivity (Wildman–Crippen MR) is 111 cm³/mol. The maximum Gasteiger partial charge on any atom is 1.00 e. The Kier molecular flexibility index (Phi) is 8.58. The second-order valence-corrected chi connectivity index (χ2v) is 9.84. The van der Waals surface area contributed by atoms with E-state index in [1.807, 2.05) is 0 Å². The minimum atomic E-state index is -1.27. The topological polar surface area (TPSA) is 113 Å². The summed E-state index contributed by atoms with van der Waals surface area (Å²) in [6.45, 7) is 7.23. The Morgan fingerprint density at radius 1 is 1.27 bits per heavy atom. The molecule has 7 atom stereocenters. The number of carbonyl (C=O) groups excluding carboxylic acids is 2. The fraction of sp³-hybridized carbons (Fsp3) is 0.826. The molecule has 33 heavy (non-hydrogen) atoms. The average molecular weight is 476 g/mol. The number of nitrogens with zero attached hydrogens (tertiary/aromatic N) is 1. The molecule has 1 saturated carbocycles. The summed E-state index contributed by atoms with van der Waals surface area (Å²) in [4.78, 5) is 25.0. The SMILES string of the molecule is CO[C@@H]1[C@H](OC(=O)N2CC[C@H](OCC(=O)[O-])C2)CC[C@]2(CO2)[C@H]1[C@@]1(C)O[C@@H]1CC=C(C)C.[Na+]. The van der Waals surface area contributed by atoms with E-state index < -0.39 is 24.8 Å². The van der Waals surface area contributed by atoms with Crippen LogP contribution in [0.2, 0.25) is 0 Å². The Balaban J connectivity index is 0.00000306. The summed E-state index contributed by atoms with van der Waals surface area (Å²) in [6, 6.07) is 0. The monoisotopic (exact) mass is 475 g/mol. The van der Waals surface area contributed by atoms with E-state index in [0.717, 1.165) is 12.8 Å². The summed E-state index contributed by atoms with van der Waals surface area (Å²) in [6.07, 6.45) is 3.66. The molecule has 4 aliphatic rings. The second-order valence-electron chi connectivity index (χ2n) is 9.84. The van der Waals surface area contributed by atoms with Crippen LogP contribution in [-0.2, 0) is 28.5 Å². The number of amides is 1. The van der Waals surface area contributed by atoms with Gasteiger partial charge in [0.2, 0.25) is 0 Å². The van der Waals surface area contributed by atoms with Gasteiger partial charge in [-0.1, -0.05) is 11.6 Å². The van der Waals surface area contributed by atoms with Crippen LogP contribution in [0.5, 0.6) is 0 Å². The van der Waals surface area contributed by atoms with E-state index in [1.54, 1.807) is 12.0 Å². The molecule has 1 aliphatic carbocycles. The minimum absolute atomic E-state index is 0. The van der Waals surface area contributed by atoms with Gasteiger partial charge < -0.3 is 38.5 Å². The minimum Gasteiger partial charge on any atom is -0.548 e. The molecule has 0 radical (unpaired) electrons. The van der Waals surface area contributed by atoms with Gasteiger partial charge in [0.1, 0.15) is 23.4 Å². The van der Waals surface area contributed by atoms with Crippen LogP contribution in [0.25, 0.3) is 0 Å². The Hall–Kier alpha value is -0.680. The van der Waals surface area contributed by atoms with Gasteiger partial charge in [-0.15, -0.1) is 0 Å². The normalized spacial score (nSPS) is 39.0. The molecule has 3 aliphatic heterocycles. The third kappa shape index (κ3) is 5.77. The molecular formula is C23H34NNaO8. The van der Waals surface area contributed by atoms with Crippen molar-refractivity contribution in [1.82, 2.24) is 4.90 Å². The number of methoxy groups -OCH3 is 1. The van der Waals surface area contributed by atoms with E-state index in [0.29, 0.717) is 32.5 Å². The first-order chi connectivity index (χ1) is 15.2. The van der Waals surface area contributed by atoms with Crippen molar-refractivity contribution in [2.75, 3.05) is 33.4 Å². The number of carboxylic acids is 1. The fourth-order valence-corrected chi connectivity index (χ4v) is 5.49. The van der Waals surface area contributed by atoms with E-state index in [-0.39, 0.29) is 65.0 Å². The number of aliphatic carboxylic acids is 1. The number of hydrogen-bond donors (Lipinski definition) is 0. The van der Waals surface area contributed by atoms with Gasteiger partial charge in [-0.3, -0.25) is 0 Å². The van der Waals surface area contributed by atoms with Crippen molar-refractivity contribution >= 4 is 12.1 Å². The Labute approximate surface area is 217 Å². The van der Waals surface area contributed by atoms with Crippen LogP contribution in [0.4, 0.5) is 4.79 Å². The molecular weight excluding hydrogens is 441 g/mol. The van der Waals surface area contributed by atoms with Crippen LogP contribution in [0.1, 0.15) is 46.5 Å². The molecule has 0 aromatic rings. The van der Waals surface area contributed by atoms with Gasteiger partial charge in [0.15, 0.2) is 0 Å². The molecule has 1 spiro atoms. The number of carbonyl (C=O) groups is 2. The van der Waals surface area contributed by atoms with Crippen molar-refractivity contribution in [3.8, 4) is 0 Å². The van der Waals surface area contributed by atoms with Crippen molar-refractivity contribution in [2.45, 2.75) is 82.1 Å². The van der Waals surface area contributed by atoms with E-state index in [1.165, 1.54) is 5.57 Å². The van der Waals surface area contributed by atoms with Gasteiger partial charge in [0.05, 0.1) is 43.9 Å². The van der Waals surface area contributed by atoms with Gasteiger partial charge in [-0.2, -0.15) is 0 Å². The molecule has 0 aromatic heterocycles. The summed E-state index contributed by atoms with van der Waals surface area (Å²) in [5.41, 5.74) is 0.604. The number of hydrogen-bond acceptors (Lipinski definition) is 8. The van der Waals surface area contributed by atoms with E-state index in [4.69, 9.17) is 23.7 Å². The van der Waals surface area contributed by atoms with Crippen LogP contribution < -0.4 is 34.7 Å². The molecule has 1 amide bonds. The number of carboxylic acid groups (broad SMARTS) is 1. The predicted octanol–water partition coefficient (Wildman–Crippen LogP) is -1.96. The zero-order valence-corrected chi connectivity index (χ0v) is 22.3. The van der Waals surface area contributed by atoms with Crippen molar-refractivity contribution in [3.63, 3.8) is 0 Å². The standard InChI is InChI=1S/C23H35NO8.Na/c1-14(2)5-6-17-22(3,32-17)20-19(28-4)16(7-9-23(20)13-30-23)31-21(27)24-10-8-15(11-24)29-12-18(25)26;/h5,15-17,19-20H,6-13H2,1-4H3,(H,25,26);/q;+1/p-1/t15-,16+,17+,19+,20+,22-,23-;/m0./s1. The molecule has 180 valence electrons. The number of rotatable bonds is 8. The van der Waals surface area contributed by atoms with Gasteiger partial charge in [-0.25, -0.2) is 4.79 Å². The van der Waals surface area contributed by atoms with Crippen molar-refractivity contribution < 1.29 is 67.9 Å². The van der Waals surface area contributed by atoms with Crippen LogP contribution in [0.3, 0.4) is 0 Å². The van der Waals surface area contributed by atoms with Crippen LogP contribution in [-0.4, -0.2) is 86.0 Å². The average Bonchev–Trinajstić information content (AvgIpc) is 3.59. The van der Waals surface area contributed by atoms with Gasteiger partial charge in [0, 0.05) is 13.7 Å². The molecule has 0 unspecified atom stereocenters. The van der Waals surface area contributed by atoms with E-state index in [9.17, 15) is 14.7 Å². The molecule has 3 saturated heterocycles. The first-order valence-corrected chi connectivity index (χ1v) is 11.4. The van der Waals surface area contributed by atoms with E-state index >= 15 is 0 Å². The quantitative estimate of drug-likeness (QED) is 0.226. The summed E-state index contributed by atoms with van der Waals surface area (Å²) in [5, 5.41) is 10.6. The maximum absolute atomic E-state index is 12.8. The first kappa shape index (κ1) is 26.9. The summed E-state index contributed by atoms with van der Waals surface area (Å²) >= 11 is 0. The number of epoxide rings is 2. The molecule has 3 heterocycles. The van der Waals surface area contributed by atoms with Crippen LogP contribution in [0.15, 0.2) is 11.6 Å². The van der Waals surface area contributed by atoms with Crippen LogP contribution in [0, 0.1) is 5.92 Å². The smallest absolute Gasteiger partial charge is 0.548 e. The number of ether oxygens (including phenoxy) is 5. The summed E-state index contributed by atoms with van der Waals surface area (Å²) < 4.78 is 29.2. The van der Waals surface area contributed by atoms with Crippen molar-refractivity contribution in [2.24, 2.45) is 5.92 Å². The Bertz CT molecular complexity index is 768. The maximum atomic E-state index is 12.8. The van der Waals surface area contributed by atoms with Gasteiger partial charge in [0.25, 0.3) is 0 Å². The molecule has 9 nitrogen and oxygen atoms in total. The Morgan fingerprint density at radius 3 is 2.61 bits per heavy atom. The molecule has 0 N–H and O–H groups in total. The Morgan fingerprint density at radius 2 is 2.00 bits per heavy atom. The second kappa shape index (κ2) is 10.5. The van der Waals surface area contributed by atoms with Gasteiger partial charge >= 0.3 is 35.7 Å².